The molecule has 1 aromatic heterocycles. The van der Waals surface area contributed by atoms with Crippen LogP contribution in [0.5, 0.6) is 0 Å². The van der Waals surface area contributed by atoms with Gasteiger partial charge in [-0.25, -0.2) is 0 Å². The summed E-state index contributed by atoms with van der Waals surface area (Å²) >= 11 is 3.44. The van der Waals surface area contributed by atoms with E-state index in [0.717, 1.165) is 15.8 Å². The van der Waals surface area contributed by atoms with Gasteiger partial charge in [-0.05, 0) is 17.7 Å². The quantitative estimate of drug-likeness (QED) is 0.382. The first-order valence-electron chi connectivity index (χ1n) is 6.07. The maximum absolute atomic E-state index is 10.8. The zero-order valence-electron chi connectivity index (χ0n) is 10.5. The second kappa shape index (κ2) is 5.64. The monoisotopic (exact) mass is 301 g/mol. The fourth-order valence-electron chi connectivity index (χ4n) is 1.92. The van der Waals surface area contributed by atoms with Crippen LogP contribution in [0.4, 0.5) is 5.69 Å². The Bertz CT molecular complexity index is 753. The summed E-state index contributed by atoms with van der Waals surface area (Å²) < 4.78 is 2.27. The Balaban J connectivity index is 1.80. The fraction of sp³-hybridized carbons (Fsp3) is 0.0667. The SMILES string of the molecule is O=[N+]([O-])c1ccc2sc(SCc3ccccc3)cc2c1. The van der Waals surface area contributed by atoms with E-state index in [1.54, 1.807) is 35.2 Å². The van der Waals surface area contributed by atoms with Crippen LogP contribution in [0.2, 0.25) is 0 Å². The molecule has 0 spiro atoms. The Hall–Kier alpha value is -1.85. The molecular formula is C15H11NO2S2. The highest BCUT2D eigenvalue weighted by atomic mass is 32.2. The van der Waals surface area contributed by atoms with Gasteiger partial charge in [0.1, 0.15) is 0 Å². The molecule has 0 saturated heterocycles. The summed E-state index contributed by atoms with van der Waals surface area (Å²) in [4.78, 5) is 10.4. The molecule has 20 heavy (non-hydrogen) atoms. The number of thiophene rings is 1. The average molecular weight is 301 g/mol. The van der Waals surface area contributed by atoms with Crippen LogP contribution in [0, 0.1) is 10.1 Å². The van der Waals surface area contributed by atoms with Crippen molar-refractivity contribution in [2.75, 3.05) is 0 Å². The summed E-state index contributed by atoms with van der Waals surface area (Å²) in [6, 6.07) is 17.3. The number of non-ortho nitro benzene ring substituents is 1. The molecule has 0 unspecified atom stereocenters. The maximum atomic E-state index is 10.8. The highest BCUT2D eigenvalue weighted by Gasteiger charge is 2.09. The molecule has 3 rings (SSSR count). The molecule has 3 aromatic rings. The molecule has 0 atom stereocenters. The third-order valence-electron chi connectivity index (χ3n) is 2.91. The van der Waals surface area contributed by atoms with E-state index >= 15 is 0 Å². The lowest BCUT2D eigenvalue weighted by Crippen LogP contribution is -1.85. The molecule has 0 fully saturated rings. The van der Waals surface area contributed by atoms with Crippen LogP contribution in [0.3, 0.4) is 0 Å². The lowest BCUT2D eigenvalue weighted by atomic mass is 10.2. The van der Waals surface area contributed by atoms with Crippen LogP contribution in [-0.2, 0) is 5.75 Å². The van der Waals surface area contributed by atoms with Gasteiger partial charge in [-0.2, -0.15) is 0 Å². The molecule has 0 radical (unpaired) electrons. The lowest BCUT2D eigenvalue weighted by molar-refractivity contribution is -0.384. The maximum Gasteiger partial charge on any atom is 0.270 e. The minimum atomic E-state index is -0.353. The van der Waals surface area contributed by atoms with E-state index in [4.69, 9.17) is 0 Å². The van der Waals surface area contributed by atoms with E-state index in [1.807, 2.05) is 30.3 Å². The number of nitro groups is 1. The van der Waals surface area contributed by atoms with Crippen LogP contribution in [0.15, 0.2) is 58.8 Å². The van der Waals surface area contributed by atoms with Crippen molar-refractivity contribution in [2.45, 2.75) is 9.96 Å². The van der Waals surface area contributed by atoms with Gasteiger partial charge in [0.05, 0.1) is 9.13 Å². The number of rotatable bonds is 4. The van der Waals surface area contributed by atoms with Crippen LogP contribution < -0.4 is 0 Å². The average Bonchev–Trinajstić information content (AvgIpc) is 2.88. The predicted molar refractivity (Wildman–Crippen MR) is 84.5 cm³/mol. The molecule has 3 nitrogen and oxygen atoms in total. The van der Waals surface area contributed by atoms with Crippen LogP contribution in [-0.4, -0.2) is 4.92 Å². The van der Waals surface area contributed by atoms with Crippen molar-refractivity contribution in [1.29, 1.82) is 0 Å². The van der Waals surface area contributed by atoms with E-state index < -0.39 is 0 Å². The van der Waals surface area contributed by atoms with Crippen LogP contribution in [0.1, 0.15) is 5.56 Å². The Kier molecular flexibility index (Phi) is 3.71. The molecule has 0 saturated carbocycles. The van der Waals surface area contributed by atoms with Crippen molar-refractivity contribution in [3.63, 3.8) is 0 Å². The molecule has 0 amide bonds. The number of hydrogen-bond acceptors (Lipinski definition) is 4. The molecule has 0 aliphatic heterocycles. The van der Waals surface area contributed by atoms with Gasteiger partial charge in [-0.3, -0.25) is 10.1 Å². The van der Waals surface area contributed by atoms with Crippen molar-refractivity contribution in [3.05, 3.63) is 70.3 Å². The van der Waals surface area contributed by atoms with Crippen molar-refractivity contribution in [2.24, 2.45) is 0 Å². The van der Waals surface area contributed by atoms with Gasteiger partial charge in [0.2, 0.25) is 0 Å². The molecule has 0 aliphatic carbocycles. The highest BCUT2D eigenvalue weighted by Crippen LogP contribution is 2.36. The van der Waals surface area contributed by atoms with Gasteiger partial charge in [0.15, 0.2) is 0 Å². The Labute approximate surface area is 124 Å². The molecule has 1 heterocycles. The van der Waals surface area contributed by atoms with E-state index in [-0.39, 0.29) is 10.6 Å². The molecule has 0 aliphatic rings. The predicted octanol–water partition coefficient (Wildman–Crippen LogP) is 5.10. The zero-order chi connectivity index (χ0) is 13.9. The highest BCUT2D eigenvalue weighted by molar-refractivity contribution is 8.00. The number of hydrogen-bond donors (Lipinski definition) is 0. The number of nitrogens with zero attached hydrogens (tertiary/aromatic N) is 1. The Morgan fingerprint density at radius 3 is 2.65 bits per heavy atom. The summed E-state index contributed by atoms with van der Waals surface area (Å²) in [6.45, 7) is 0. The molecule has 0 bridgehead atoms. The van der Waals surface area contributed by atoms with Gasteiger partial charge in [0.25, 0.3) is 5.69 Å². The van der Waals surface area contributed by atoms with E-state index in [2.05, 4.69) is 12.1 Å². The summed E-state index contributed by atoms with van der Waals surface area (Å²) in [5.74, 6) is 0.912. The van der Waals surface area contributed by atoms with Crippen molar-refractivity contribution >= 4 is 38.9 Å². The van der Waals surface area contributed by atoms with Crippen LogP contribution in [0.25, 0.3) is 10.1 Å². The van der Waals surface area contributed by atoms with Crippen molar-refractivity contribution < 1.29 is 4.92 Å². The third kappa shape index (κ3) is 2.84. The van der Waals surface area contributed by atoms with Crippen LogP contribution >= 0.6 is 23.1 Å². The second-order valence-corrected chi connectivity index (χ2v) is 6.68. The minimum absolute atomic E-state index is 0.148. The summed E-state index contributed by atoms with van der Waals surface area (Å²) in [7, 11) is 0. The minimum Gasteiger partial charge on any atom is -0.258 e. The molecular weight excluding hydrogens is 290 g/mol. The zero-order valence-corrected chi connectivity index (χ0v) is 12.1. The standard InChI is InChI=1S/C15H11NO2S2/c17-16(18)13-6-7-14-12(8-13)9-15(20-14)19-10-11-4-2-1-3-5-11/h1-9H,10H2. The van der Waals surface area contributed by atoms with Gasteiger partial charge in [0, 0.05) is 28.0 Å². The van der Waals surface area contributed by atoms with Gasteiger partial charge in [-0.15, -0.1) is 23.1 Å². The van der Waals surface area contributed by atoms with E-state index in [0.29, 0.717) is 0 Å². The van der Waals surface area contributed by atoms with E-state index in [1.165, 1.54) is 9.77 Å². The van der Waals surface area contributed by atoms with Gasteiger partial charge < -0.3 is 0 Å². The third-order valence-corrected chi connectivity index (χ3v) is 5.31. The van der Waals surface area contributed by atoms with Gasteiger partial charge >= 0.3 is 0 Å². The lowest BCUT2D eigenvalue weighted by Gasteiger charge is -1.97. The summed E-state index contributed by atoms with van der Waals surface area (Å²) in [6.07, 6.45) is 0. The first-order chi connectivity index (χ1) is 9.72. The molecule has 5 heteroatoms. The number of benzene rings is 2. The summed E-state index contributed by atoms with van der Waals surface area (Å²) in [5.41, 5.74) is 1.43. The Morgan fingerprint density at radius 1 is 1.10 bits per heavy atom. The second-order valence-electron chi connectivity index (χ2n) is 4.32. The first-order valence-corrected chi connectivity index (χ1v) is 7.87. The van der Waals surface area contributed by atoms with Crippen molar-refractivity contribution in [3.8, 4) is 0 Å². The first kappa shape index (κ1) is 13.1. The molecule has 0 N–H and O–H groups in total. The van der Waals surface area contributed by atoms with Gasteiger partial charge in [-0.1, -0.05) is 30.3 Å². The largest absolute Gasteiger partial charge is 0.270 e. The number of fused-ring (bicyclic) bond motifs is 1. The molecule has 2 aromatic carbocycles. The topological polar surface area (TPSA) is 43.1 Å². The Morgan fingerprint density at radius 2 is 1.90 bits per heavy atom. The normalized spacial score (nSPS) is 10.8. The smallest absolute Gasteiger partial charge is 0.258 e. The fourth-order valence-corrected chi connectivity index (χ4v) is 4.09. The molecule has 100 valence electrons. The number of nitro benzene ring substituents is 1. The van der Waals surface area contributed by atoms with Crippen molar-refractivity contribution in [1.82, 2.24) is 0 Å². The number of thioether (sulfide) groups is 1. The summed E-state index contributed by atoms with van der Waals surface area (Å²) in [5, 5.41) is 11.7. The van der Waals surface area contributed by atoms with E-state index in [9.17, 15) is 10.1 Å².